The van der Waals surface area contributed by atoms with Crippen LogP contribution in [-0.4, -0.2) is 61.3 Å². The van der Waals surface area contributed by atoms with E-state index < -0.39 is 0 Å². The van der Waals surface area contributed by atoms with Gasteiger partial charge in [-0.3, -0.25) is 9.59 Å². The van der Waals surface area contributed by atoms with Crippen molar-refractivity contribution in [2.24, 2.45) is 0 Å². The molecule has 7 nitrogen and oxygen atoms in total. The highest BCUT2D eigenvalue weighted by atomic mass is 35.5. The Morgan fingerprint density at radius 3 is 2.76 bits per heavy atom. The van der Waals surface area contributed by atoms with Crippen LogP contribution in [0.2, 0.25) is 5.02 Å². The Balaban J connectivity index is 1.39. The Bertz CT molecular complexity index is 1260. The maximum Gasteiger partial charge on any atom is 0.254 e. The molecule has 2 aliphatic rings. The molecule has 9 heteroatoms. The van der Waals surface area contributed by atoms with Crippen molar-refractivity contribution in [2.75, 3.05) is 39.6 Å². The zero-order valence-corrected chi connectivity index (χ0v) is 22.2. The van der Waals surface area contributed by atoms with E-state index in [-0.39, 0.29) is 31.2 Å². The van der Waals surface area contributed by atoms with Crippen LogP contribution < -0.4 is 9.47 Å². The second-order valence-corrected chi connectivity index (χ2v) is 10.4. The van der Waals surface area contributed by atoms with Gasteiger partial charge in [0.1, 0.15) is 6.54 Å². The van der Waals surface area contributed by atoms with E-state index in [9.17, 15) is 9.59 Å². The molecule has 1 unspecified atom stereocenters. The van der Waals surface area contributed by atoms with Crippen LogP contribution in [0.3, 0.4) is 0 Å². The number of carbonyl (C=O) groups excluding carboxylic acids is 2. The molecule has 0 radical (unpaired) electrons. The van der Waals surface area contributed by atoms with Gasteiger partial charge in [0.25, 0.3) is 5.91 Å². The van der Waals surface area contributed by atoms with Crippen LogP contribution in [-0.2, 0) is 16.0 Å². The van der Waals surface area contributed by atoms with Gasteiger partial charge < -0.3 is 24.0 Å². The number of hydrogen-bond donors (Lipinski definition) is 0. The molecule has 2 amide bonds. The highest BCUT2D eigenvalue weighted by molar-refractivity contribution is 7.10. The van der Waals surface area contributed by atoms with E-state index in [1.807, 2.05) is 36.1 Å². The van der Waals surface area contributed by atoms with Crippen LogP contribution in [0.25, 0.3) is 0 Å². The van der Waals surface area contributed by atoms with Gasteiger partial charge in [0.15, 0.2) is 11.5 Å². The van der Waals surface area contributed by atoms with Crippen molar-refractivity contribution in [1.29, 1.82) is 0 Å². The summed E-state index contributed by atoms with van der Waals surface area (Å²) in [6.45, 7) is 4.16. The summed E-state index contributed by atoms with van der Waals surface area (Å²) in [4.78, 5) is 32.2. The van der Waals surface area contributed by atoms with Gasteiger partial charge in [-0.05, 0) is 72.7 Å². The third-order valence-corrected chi connectivity index (χ3v) is 7.87. The van der Waals surface area contributed by atoms with Crippen molar-refractivity contribution in [3.05, 3.63) is 80.5 Å². The minimum atomic E-state index is -0.223. The predicted molar refractivity (Wildman–Crippen MR) is 143 cm³/mol. The lowest BCUT2D eigenvalue weighted by Gasteiger charge is -2.37. The Kier molecular flexibility index (Phi) is 7.98. The maximum absolute atomic E-state index is 13.8. The van der Waals surface area contributed by atoms with Gasteiger partial charge in [0.05, 0.1) is 6.04 Å². The van der Waals surface area contributed by atoms with Crippen molar-refractivity contribution in [1.82, 2.24) is 9.80 Å². The monoisotopic (exact) mass is 540 g/mol. The molecule has 194 valence electrons. The van der Waals surface area contributed by atoms with Gasteiger partial charge in [0, 0.05) is 41.8 Å². The summed E-state index contributed by atoms with van der Waals surface area (Å²) in [6, 6.07) is 14.6. The van der Waals surface area contributed by atoms with E-state index in [1.165, 1.54) is 4.88 Å². The number of halogens is 1. The van der Waals surface area contributed by atoms with E-state index in [2.05, 4.69) is 11.4 Å². The van der Waals surface area contributed by atoms with Crippen LogP contribution in [0.4, 0.5) is 0 Å². The third-order valence-electron chi connectivity index (χ3n) is 6.63. The molecule has 3 heterocycles. The number of carbonyl (C=O) groups is 2. The Morgan fingerprint density at radius 1 is 1.14 bits per heavy atom. The van der Waals surface area contributed by atoms with Gasteiger partial charge in [-0.25, -0.2) is 0 Å². The minimum absolute atomic E-state index is 0.0248. The van der Waals surface area contributed by atoms with E-state index in [0.717, 1.165) is 17.5 Å². The number of rotatable bonds is 9. The highest BCUT2D eigenvalue weighted by Gasteiger charge is 2.34. The number of hydrogen-bond acceptors (Lipinski definition) is 6. The van der Waals surface area contributed by atoms with Crippen molar-refractivity contribution in [2.45, 2.75) is 25.8 Å². The number of nitrogens with zero attached hydrogens (tertiary/aromatic N) is 2. The zero-order chi connectivity index (χ0) is 25.8. The van der Waals surface area contributed by atoms with Crippen LogP contribution in [0, 0.1) is 0 Å². The summed E-state index contributed by atoms with van der Waals surface area (Å²) in [6.07, 6.45) is 1.43. The molecular formula is C28H29ClN2O5S. The van der Waals surface area contributed by atoms with Crippen molar-refractivity contribution >= 4 is 34.8 Å². The largest absolute Gasteiger partial charge is 0.454 e. The molecule has 0 saturated carbocycles. The fourth-order valence-electron chi connectivity index (χ4n) is 4.81. The lowest BCUT2D eigenvalue weighted by atomic mass is 9.93. The number of benzene rings is 2. The number of fused-ring (bicyclic) bond motifs is 2. The summed E-state index contributed by atoms with van der Waals surface area (Å²) in [5, 5.41) is 2.72. The first-order valence-corrected chi connectivity index (χ1v) is 13.7. The topological polar surface area (TPSA) is 68.3 Å². The molecule has 0 N–H and O–H groups in total. The Hall–Kier alpha value is -3.07. The molecule has 5 rings (SSSR count). The zero-order valence-electron chi connectivity index (χ0n) is 20.7. The van der Waals surface area contributed by atoms with Gasteiger partial charge in [-0.1, -0.05) is 23.7 Å². The first-order valence-electron chi connectivity index (χ1n) is 12.4. The summed E-state index contributed by atoms with van der Waals surface area (Å²) >= 11 is 7.86. The van der Waals surface area contributed by atoms with E-state index in [4.69, 9.17) is 25.8 Å². The maximum atomic E-state index is 13.8. The first-order chi connectivity index (χ1) is 18.0. The lowest BCUT2D eigenvalue weighted by molar-refractivity contribution is -0.134. The molecule has 1 atom stereocenters. The van der Waals surface area contributed by atoms with Crippen LogP contribution in [0.5, 0.6) is 11.5 Å². The smallest absolute Gasteiger partial charge is 0.254 e. The first kappa shape index (κ1) is 25.6. The normalized spacial score (nSPS) is 15.9. The predicted octanol–water partition coefficient (Wildman–Crippen LogP) is 5.17. The molecule has 3 aromatic rings. The second kappa shape index (κ2) is 11.5. The molecule has 0 fully saturated rings. The quantitative estimate of drug-likeness (QED) is 0.350. The molecular weight excluding hydrogens is 512 g/mol. The van der Waals surface area contributed by atoms with Crippen LogP contribution in [0.15, 0.2) is 53.9 Å². The molecule has 0 bridgehead atoms. The molecule has 37 heavy (non-hydrogen) atoms. The Labute approximate surface area is 225 Å². The lowest BCUT2D eigenvalue weighted by Crippen LogP contribution is -2.47. The molecule has 0 spiro atoms. The summed E-state index contributed by atoms with van der Waals surface area (Å²) in [5.74, 6) is 0.832. The molecule has 0 aliphatic carbocycles. The van der Waals surface area contributed by atoms with Crippen molar-refractivity contribution in [3.8, 4) is 11.5 Å². The van der Waals surface area contributed by atoms with Crippen molar-refractivity contribution in [3.63, 3.8) is 0 Å². The minimum Gasteiger partial charge on any atom is -0.454 e. The van der Waals surface area contributed by atoms with Crippen LogP contribution >= 0.6 is 22.9 Å². The fourth-order valence-corrected chi connectivity index (χ4v) is 5.84. The second-order valence-electron chi connectivity index (χ2n) is 8.94. The number of thiophene rings is 1. The standard InChI is InChI=1S/C28H29ClN2O5S/c1-2-34-14-3-12-30(28(33)20-6-9-23-24(16-20)36-18-35-23)17-26(32)31-13-10-25-22(11-15-37-25)27(31)19-4-7-21(29)8-5-19/h4-9,11,15-16,27H,2-3,10,12-14,17-18H2,1H3. The molecule has 1 aromatic heterocycles. The van der Waals surface area contributed by atoms with E-state index in [1.54, 1.807) is 34.4 Å². The highest BCUT2D eigenvalue weighted by Crippen LogP contribution is 2.38. The SMILES string of the molecule is CCOCCCN(CC(=O)N1CCc2sccc2C1c1ccc(Cl)cc1)C(=O)c1ccc2c(c1)OCO2. The molecule has 0 saturated heterocycles. The van der Waals surface area contributed by atoms with Gasteiger partial charge in [-0.2, -0.15) is 0 Å². The summed E-state index contributed by atoms with van der Waals surface area (Å²) < 4.78 is 16.3. The molecule has 2 aliphatic heterocycles. The average molecular weight is 541 g/mol. The average Bonchev–Trinajstić information content (AvgIpc) is 3.59. The third kappa shape index (κ3) is 5.61. The molecule has 2 aromatic carbocycles. The van der Waals surface area contributed by atoms with Gasteiger partial charge >= 0.3 is 0 Å². The van der Waals surface area contributed by atoms with Gasteiger partial charge in [-0.15, -0.1) is 11.3 Å². The van der Waals surface area contributed by atoms with E-state index in [0.29, 0.717) is 54.8 Å². The summed E-state index contributed by atoms with van der Waals surface area (Å²) in [5.41, 5.74) is 2.60. The van der Waals surface area contributed by atoms with E-state index >= 15 is 0 Å². The van der Waals surface area contributed by atoms with Crippen molar-refractivity contribution < 1.29 is 23.8 Å². The fraction of sp³-hybridized carbons (Fsp3) is 0.357. The van der Waals surface area contributed by atoms with Gasteiger partial charge in [0.2, 0.25) is 12.7 Å². The Morgan fingerprint density at radius 2 is 1.95 bits per heavy atom. The number of ether oxygens (including phenoxy) is 3. The number of amides is 2. The van der Waals surface area contributed by atoms with Crippen LogP contribution in [0.1, 0.15) is 45.7 Å². The summed E-state index contributed by atoms with van der Waals surface area (Å²) in [7, 11) is 0.